The summed E-state index contributed by atoms with van der Waals surface area (Å²) >= 11 is 6.08. The van der Waals surface area contributed by atoms with Gasteiger partial charge in [-0.2, -0.15) is 0 Å². The molecule has 4 nitrogen and oxygen atoms in total. The number of carbonyl (C=O) groups is 1. The maximum atomic E-state index is 11.7. The zero-order valence-corrected chi connectivity index (χ0v) is 14.3. The van der Waals surface area contributed by atoms with Gasteiger partial charge in [0.2, 0.25) is 0 Å². The molecule has 5 heteroatoms. The zero-order valence-electron chi connectivity index (χ0n) is 13.5. The predicted octanol–water partition coefficient (Wildman–Crippen LogP) is 3.56. The maximum absolute atomic E-state index is 11.7. The van der Waals surface area contributed by atoms with Gasteiger partial charge >= 0.3 is 0 Å². The second kappa shape index (κ2) is 7.99. The standard InChI is InChI=1S/C18H21ClN2O2/c1-12(16-10-15(19)7-8-17(16)23-3)21-11-13-5-4-6-14(9-13)18(22)20-2/h4-10,12,21H,11H2,1-3H3,(H,20,22)/t12-/m1/s1. The van der Waals surface area contributed by atoms with Crippen molar-refractivity contribution in [2.45, 2.75) is 19.5 Å². The van der Waals surface area contributed by atoms with E-state index in [-0.39, 0.29) is 11.9 Å². The van der Waals surface area contributed by atoms with Crippen molar-refractivity contribution in [3.05, 3.63) is 64.2 Å². The number of ether oxygens (including phenoxy) is 1. The first-order valence-corrected chi connectivity index (χ1v) is 7.80. The number of carbonyl (C=O) groups excluding carboxylic acids is 1. The van der Waals surface area contributed by atoms with E-state index >= 15 is 0 Å². The molecule has 0 aliphatic heterocycles. The minimum absolute atomic E-state index is 0.0623. The molecule has 0 aliphatic carbocycles. The summed E-state index contributed by atoms with van der Waals surface area (Å²) in [4.78, 5) is 11.7. The third-order valence-corrected chi connectivity index (χ3v) is 3.92. The van der Waals surface area contributed by atoms with Crippen molar-refractivity contribution < 1.29 is 9.53 Å². The second-order valence-electron chi connectivity index (χ2n) is 5.27. The number of benzene rings is 2. The SMILES string of the molecule is CNC(=O)c1cccc(CN[C@H](C)c2cc(Cl)ccc2OC)c1. The van der Waals surface area contributed by atoms with Gasteiger partial charge < -0.3 is 15.4 Å². The molecule has 2 aromatic rings. The van der Waals surface area contributed by atoms with E-state index in [1.807, 2.05) is 36.4 Å². The average Bonchev–Trinajstić information content (AvgIpc) is 2.59. The number of methoxy groups -OCH3 is 1. The molecule has 0 heterocycles. The van der Waals surface area contributed by atoms with Crippen LogP contribution in [0, 0.1) is 0 Å². The van der Waals surface area contributed by atoms with Gasteiger partial charge in [-0.25, -0.2) is 0 Å². The summed E-state index contributed by atoms with van der Waals surface area (Å²) in [6.45, 7) is 2.69. The van der Waals surface area contributed by atoms with Gasteiger partial charge in [-0.3, -0.25) is 4.79 Å². The number of hydrogen-bond acceptors (Lipinski definition) is 3. The molecule has 1 atom stereocenters. The van der Waals surface area contributed by atoms with Crippen LogP contribution in [0.15, 0.2) is 42.5 Å². The molecule has 122 valence electrons. The average molecular weight is 333 g/mol. The van der Waals surface area contributed by atoms with E-state index in [1.54, 1.807) is 20.2 Å². The van der Waals surface area contributed by atoms with Crippen molar-refractivity contribution in [1.82, 2.24) is 10.6 Å². The van der Waals surface area contributed by atoms with Crippen LogP contribution in [-0.4, -0.2) is 20.1 Å². The normalized spacial score (nSPS) is 11.8. The minimum atomic E-state index is -0.0867. The first kappa shape index (κ1) is 17.3. The van der Waals surface area contributed by atoms with Gasteiger partial charge in [0.05, 0.1) is 7.11 Å². The van der Waals surface area contributed by atoms with Crippen molar-refractivity contribution >= 4 is 17.5 Å². The van der Waals surface area contributed by atoms with Crippen molar-refractivity contribution in [1.29, 1.82) is 0 Å². The molecule has 0 radical (unpaired) electrons. The molecule has 0 unspecified atom stereocenters. The summed E-state index contributed by atoms with van der Waals surface area (Å²) in [5, 5.41) is 6.74. The Balaban J connectivity index is 2.09. The molecule has 0 bridgehead atoms. The van der Waals surface area contributed by atoms with Crippen molar-refractivity contribution in [3.8, 4) is 5.75 Å². The molecule has 23 heavy (non-hydrogen) atoms. The molecule has 2 N–H and O–H groups in total. The first-order valence-electron chi connectivity index (χ1n) is 7.43. The zero-order chi connectivity index (χ0) is 16.8. The van der Waals surface area contributed by atoms with E-state index in [0.717, 1.165) is 16.9 Å². The Bertz CT molecular complexity index is 688. The Hall–Kier alpha value is -2.04. The van der Waals surface area contributed by atoms with Gasteiger partial charge in [0.1, 0.15) is 5.75 Å². The summed E-state index contributed by atoms with van der Waals surface area (Å²) in [6.07, 6.45) is 0. The molecule has 0 aliphatic rings. The van der Waals surface area contributed by atoms with E-state index in [0.29, 0.717) is 17.1 Å². The summed E-state index contributed by atoms with van der Waals surface area (Å²) in [5.41, 5.74) is 2.70. The minimum Gasteiger partial charge on any atom is -0.496 e. The molecule has 0 aromatic heterocycles. The van der Waals surface area contributed by atoms with Gasteiger partial charge in [0, 0.05) is 35.8 Å². The van der Waals surface area contributed by atoms with E-state index < -0.39 is 0 Å². The van der Waals surface area contributed by atoms with Crippen LogP contribution in [0.2, 0.25) is 5.02 Å². The Morgan fingerprint density at radius 1 is 1.26 bits per heavy atom. The molecule has 0 saturated carbocycles. The van der Waals surface area contributed by atoms with Crippen LogP contribution in [0.25, 0.3) is 0 Å². The van der Waals surface area contributed by atoms with Gasteiger partial charge in [-0.1, -0.05) is 23.7 Å². The van der Waals surface area contributed by atoms with Crippen LogP contribution in [0.5, 0.6) is 5.75 Å². The molecule has 0 fully saturated rings. The molecule has 2 rings (SSSR count). The molecule has 2 aromatic carbocycles. The Kier molecular flexibility index (Phi) is 6.02. The monoisotopic (exact) mass is 332 g/mol. The molecule has 0 saturated heterocycles. The largest absolute Gasteiger partial charge is 0.496 e. The van der Waals surface area contributed by atoms with Crippen molar-refractivity contribution in [3.63, 3.8) is 0 Å². The third kappa shape index (κ3) is 4.47. The van der Waals surface area contributed by atoms with Gasteiger partial charge in [0.15, 0.2) is 0 Å². The number of amides is 1. The highest BCUT2D eigenvalue weighted by Gasteiger charge is 2.12. The van der Waals surface area contributed by atoms with Crippen LogP contribution in [0.1, 0.15) is 34.5 Å². The van der Waals surface area contributed by atoms with E-state index in [2.05, 4.69) is 17.6 Å². The third-order valence-electron chi connectivity index (χ3n) is 3.69. The van der Waals surface area contributed by atoms with Crippen molar-refractivity contribution in [2.75, 3.05) is 14.2 Å². The lowest BCUT2D eigenvalue weighted by molar-refractivity contribution is 0.0963. The van der Waals surface area contributed by atoms with Gasteiger partial charge in [-0.15, -0.1) is 0 Å². The van der Waals surface area contributed by atoms with Crippen LogP contribution in [-0.2, 0) is 6.54 Å². The summed E-state index contributed by atoms with van der Waals surface area (Å²) in [6, 6.07) is 13.2. The lowest BCUT2D eigenvalue weighted by Gasteiger charge is -2.18. The Morgan fingerprint density at radius 2 is 2.04 bits per heavy atom. The number of nitrogens with one attached hydrogen (secondary N) is 2. The fourth-order valence-corrected chi connectivity index (χ4v) is 2.57. The second-order valence-corrected chi connectivity index (χ2v) is 5.70. The predicted molar refractivity (Wildman–Crippen MR) is 93.1 cm³/mol. The Morgan fingerprint density at radius 3 is 2.74 bits per heavy atom. The maximum Gasteiger partial charge on any atom is 0.251 e. The summed E-state index contributed by atoms with van der Waals surface area (Å²) in [7, 11) is 3.27. The van der Waals surface area contributed by atoms with Gasteiger partial charge in [0.25, 0.3) is 5.91 Å². The lowest BCUT2D eigenvalue weighted by Crippen LogP contribution is -2.20. The van der Waals surface area contributed by atoms with Crippen LogP contribution in [0.4, 0.5) is 0 Å². The van der Waals surface area contributed by atoms with E-state index in [4.69, 9.17) is 16.3 Å². The highest BCUT2D eigenvalue weighted by Crippen LogP contribution is 2.28. The molecular weight excluding hydrogens is 312 g/mol. The Labute approximate surface area is 141 Å². The fourth-order valence-electron chi connectivity index (χ4n) is 2.39. The molecule has 0 spiro atoms. The lowest BCUT2D eigenvalue weighted by atomic mass is 10.1. The number of hydrogen-bond donors (Lipinski definition) is 2. The fraction of sp³-hybridized carbons (Fsp3) is 0.278. The van der Waals surface area contributed by atoms with E-state index in [9.17, 15) is 4.79 Å². The highest BCUT2D eigenvalue weighted by molar-refractivity contribution is 6.30. The molecular formula is C18H21ClN2O2. The number of rotatable bonds is 6. The van der Waals surface area contributed by atoms with Crippen LogP contribution >= 0.6 is 11.6 Å². The van der Waals surface area contributed by atoms with Crippen LogP contribution in [0.3, 0.4) is 0 Å². The first-order chi connectivity index (χ1) is 11.0. The van der Waals surface area contributed by atoms with Crippen molar-refractivity contribution in [2.24, 2.45) is 0 Å². The van der Waals surface area contributed by atoms with E-state index in [1.165, 1.54) is 0 Å². The van der Waals surface area contributed by atoms with Gasteiger partial charge in [-0.05, 0) is 42.8 Å². The quantitative estimate of drug-likeness (QED) is 0.850. The number of halogens is 1. The topological polar surface area (TPSA) is 50.4 Å². The summed E-state index contributed by atoms with van der Waals surface area (Å²) < 4.78 is 5.39. The smallest absolute Gasteiger partial charge is 0.251 e. The van der Waals surface area contributed by atoms with Crippen LogP contribution < -0.4 is 15.4 Å². The summed E-state index contributed by atoms with van der Waals surface area (Å²) in [5.74, 6) is 0.713. The molecule has 1 amide bonds. The highest BCUT2D eigenvalue weighted by atomic mass is 35.5.